The highest BCUT2D eigenvalue weighted by atomic mass is 79.9. The third kappa shape index (κ3) is 4.32. The van der Waals surface area contributed by atoms with Gasteiger partial charge >= 0.3 is 6.09 Å². The number of benzene rings is 2. The maximum atomic E-state index is 11.7. The fourth-order valence-corrected chi connectivity index (χ4v) is 2.09. The highest BCUT2D eigenvalue weighted by molar-refractivity contribution is 9.10. The molecular weight excluding hydrogens is 338 g/mol. The van der Waals surface area contributed by atoms with Gasteiger partial charge in [-0.25, -0.2) is 4.79 Å². The van der Waals surface area contributed by atoms with Crippen molar-refractivity contribution in [3.05, 3.63) is 64.1 Å². The molecule has 0 unspecified atom stereocenters. The zero-order valence-corrected chi connectivity index (χ0v) is 12.4. The van der Waals surface area contributed by atoms with Crippen LogP contribution in [0.3, 0.4) is 0 Å². The van der Waals surface area contributed by atoms with Crippen LogP contribution in [0.4, 0.5) is 10.5 Å². The lowest BCUT2D eigenvalue weighted by Crippen LogP contribution is -2.22. The number of hydrogen-bond acceptors (Lipinski definition) is 4. The van der Waals surface area contributed by atoms with Gasteiger partial charge in [0, 0.05) is 4.47 Å². The Morgan fingerprint density at radius 1 is 1.14 bits per heavy atom. The van der Waals surface area contributed by atoms with Gasteiger partial charge in [-0.3, -0.25) is 5.32 Å². The summed E-state index contributed by atoms with van der Waals surface area (Å²) in [6, 6.07) is 13.4. The standard InChI is InChI=1S/C15H12BrNO4/c16-12-8-11(14(18)19)6-7-13(12)17-15(20)21-9-10-4-2-1-3-5-10/h1-8H,9H2,(H,17,20)(H,18,19)/p-1. The zero-order valence-electron chi connectivity index (χ0n) is 10.8. The zero-order chi connectivity index (χ0) is 15.2. The van der Waals surface area contributed by atoms with Gasteiger partial charge in [0.15, 0.2) is 0 Å². The Balaban J connectivity index is 1.95. The van der Waals surface area contributed by atoms with Gasteiger partial charge < -0.3 is 14.6 Å². The summed E-state index contributed by atoms with van der Waals surface area (Å²) in [4.78, 5) is 22.4. The van der Waals surface area contributed by atoms with Gasteiger partial charge in [0.2, 0.25) is 0 Å². The van der Waals surface area contributed by atoms with Crippen molar-refractivity contribution in [3.63, 3.8) is 0 Å². The van der Waals surface area contributed by atoms with Gasteiger partial charge in [0.1, 0.15) is 6.61 Å². The van der Waals surface area contributed by atoms with Gasteiger partial charge in [-0.1, -0.05) is 36.4 Å². The molecule has 0 aliphatic heterocycles. The maximum Gasteiger partial charge on any atom is 0.411 e. The first-order valence-corrected chi connectivity index (χ1v) is 6.84. The molecule has 2 rings (SSSR count). The highest BCUT2D eigenvalue weighted by Crippen LogP contribution is 2.23. The molecule has 1 amide bonds. The van der Waals surface area contributed by atoms with Crippen LogP contribution in [0.15, 0.2) is 53.0 Å². The van der Waals surface area contributed by atoms with Crippen LogP contribution in [-0.4, -0.2) is 12.1 Å². The van der Waals surface area contributed by atoms with Crippen molar-refractivity contribution in [3.8, 4) is 0 Å². The van der Waals surface area contributed by atoms with E-state index in [2.05, 4.69) is 21.2 Å². The van der Waals surface area contributed by atoms with Crippen molar-refractivity contribution in [2.45, 2.75) is 6.61 Å². The van der Waals surface area contributed by atoms with E-state index in [4.69, 9.17) is 4.74 Å². The van der Waals surface area contributed by atoms with Gasteiger partial charge in [-0.05, 0) is 39.2 Å². The van der Waals surface area contributed by atoms with Crippen molar-refractivity contribution in [1.29, 1.82) is 0 Å². The molecule has 2 aromatic rings. The van der Waals surface area contributed by atoms with Gasteiger partial charge in [0.25, 0.3) is 0 Å². The molecule has 0 spiro atoms. The first kappa shape index (κ1) is 15.1. The van der Waals surface area contributed by atoms with Crippen LogP contribution in [-0.2, 0) is 11.3 Å². The molecule has 0 fully saturated rings. The lowest BCUT2D eigenvalue weighted by molar-refractivity contribution is -0.255. The molecule has 1 N–H and O–H groups in total. The number of carboxylic acids is 1. The molecule has 0 aromatic heterocycles. The van der Waals surface area contributed by atoms with E-state index in [1.165, 1.54) is 18.2 Å². The van der Waals surface area contributed by atoms with E-state index in [0.29, 0.717) is 10.2 Å². The van der Waals surface area contributed by atoms with Crippen LogP contribution >= 0.6 is 15.9 Å². The number of rotatable bonds is 4. The number of aromatic carboxylic acids is 1. The molecule has 0 saturated carbocycles. The van der Waals surface area contributed by atoms with E-state index >= 15 is 0 Å². The number of halogens is 1. The number of anilines is 1. The third-order valence-electron chi connectivity index (χ3n) is 2.65. The van der Waals surface area contributed by atoms with Gasteiger partial charge in [-0.2, -0.15) is 0 Å². The molecule has 0 atom stereocenters. The van der Waals surface area contributed by atoms with Crippen molar-refractivity contribution in [1.82, 2.24) is 0 Å². The maximum absolute atomic E-state index is 11.7. The molecule has 108 valence electrons. The smallest absolute Gasteiger partial charge is 0.411 e. The van der Waals surface area contributed by atoms with Crippen molar-refractivity contribution in [2.24, 2.45) is 0 Å². The number of amides is 1. The van der Waals surface area contributed by atoms with Crippen LogP contribution in [0, 0.1) is 0 Å². The average molecular weight is 349 g/mol. The van der Waals surface area contributed by atoms with E-state index in [1.807, 2.05) is 30.3 Å². The first-order chi connectivity index (χ1) is 10.1. The fourth-order valence-electron chi connectivity index (χ4n) is 1.61. The van der Waals surface area contributed by atoms with Crippen LogP contribution in [0.2, 0.25) is 0 Å². The Morgan fingerprint density at radius 3 is 2.48 bits per heavy atom. The Labute approximate surface area is 129 Å². The van der Waals surface area contributed by atoms with Crippen molar-refractivity contribution >= 4 is 33.7 Å². The number of carbonyl (C=O) groups excluding carboxylic acids is 2. The predicted octanol–water partition coefficient (Wildman–Crippen LogP) is 2.56. The summed E-state index contributed by atoms with van der Waals surface area (Å²) in [6.45, 7) is 0.154. The molecule has 21 heavy (non-hydrogen) atoms. The molecule has 0 aliphatic rings. The average Bonchev–Trinajstić information content (AvgIpc) is 2.48. The molecular formula is C15H11BrNO4-. The fraction of sp³-hybridized carbons (Fsp3) is 0.0667. The van der Waals surface area contributed by atoms with E-state index in [-0.39, 0.29) is 12.2 Å². The highest BCUT2D eigenvalue weighted by Gasteiger charge is 2.08. The number of nitrogens with one attached hydrogen (secondary N) is 1. The molecule has 6 heteroatoms. The second kappa shape index (κ2) is 6.90. The van der Waals surface area contributed by atoms with Crippen LogP contribution < -0.4 is 10.4 Å². The third-order valence-corrected chi connectivity index (χ3v) is 3.31. The second-order valence-corrected chi connectivity index (χ2v) is 5.02. The monoisotopic (exact) mass is 348 g/mol. The SMILES string of the molecule is O=C(Nc1ccc(C(=O)[O-])cc1Br)OCc1ccccc1. The predicted molar refractivity (Wildman–Crippen MR) is 78.7 cm³/mol. The lowest BCUT2D eigenvalue weighted by atomic mass is 10.2. The van der Waals surface area contributed by atoms with Crippen LogP contribution in [0.25, 0.3) is 0 Å². The van der Waals surface area contributed by atoms with E-state index in [9.17, 15) is 14.7 Å². The Morgan fingerprint density at radius 2 is 1.86 bits per heavy atom. The summed E-state index contributed by atoms with van der Waals surface area (Å²) in [5.41, 5.74) is 1.31. The number of hydrogen-bond donors (Lipinski definition) is 1. The molecule has 0 radical (unpaired) electrons. The summed E-state index contributed by atoms with van der Waals surface area (Å²) in [6.07, 6.45) is -0.624. The molecule has 5 nitrogen and oxygen atoms in total. The van der Waals surface area contributed by atoms with Gasteiger partial charge in [0.05, 0.1) is 11.7 Å². The van der Waals surface area contributed by atoms with E-state index in [0.717, 1.165) is 5.56 Å². The minimum Gasteiger partial charge on any atom is -0.545 e. The number of carboxylic acid groups (broad SMARTS) is 1. The Bertz CT molecular complexity index is 658. The van der Waals surface area contributed by atoms with E-state index in [1.54, 1.807) is 0 Å². The molecule has 2 aromatic carbocycles. The summed E-state index contributed by atoms with van der Waals surface area (Å²) in [5.74, 6) is -1.28. The first-order valence-electron chi connectivity index (χ1n) is 6.05. The molecule has 0 saturated heterocycles. The van der Waals surface area contributed by atoms with Crippen LogP contribution in [0.1, 0.15) is 15.9 Å². The van der Waals surface area contributed by atoms with Crippen LogP contribution in [0.5, 0.6) is 0 Å². The minimum absolute atomic E-state index is 0.0186. The normalized spacial score (nSPS) is 9.95. The molecule has 0 aliphatic carbocycles. The van der Waals surface area contributed by atoms with Gasteiger partial charge in [-0.15, -0.1) is 0 Å². The lowest BCUT2D eigenvalue weighted by Gasteiger charge is -2.10. The largest absolute Gasteiger partial charge is 0.545 e. The Kier molecular flexibility index (Phi) is 4.94. The number of ether oxygens (including phenoxy) is 1. The quantitative estimate of drug-likeness (QED) is 0.920. The van der Waals surface area contributed by atoms with Crippen molar-refractivity contribution in [2.75, 3.05) is 5.32 Å². The van der Waals surface area contributed by atoms with Crippen molar-refractivity contribution < 1.29 is 19.4 Å². The molecule has 0 heterocycles. The summed E-state index contributed by atoms with van der Waals surface area (Å²) in [7, 11) is 0. The molecule has 0 bridgehead atoms. The minimum atomic E-state index is -1.28. The summed E-state index contributed by atoms with van der Waals surface area (Å²) >= 11 is 3.18. The Hall–Kier alpha value is -2.34. The van der Waals surface area contributed by atoms with E-state index < -0.39 is 12.1 Å². The summed E-state index contributed by atoms with van der Waals surface area (Å²) in [5, 5.41) is 13.2. The number of carbonyl (C=O) groups is 2. The summed E-state index contributed by atoms with van der Waals surface area (Å²) < 4.78 is 5.50. The topological polar surface area (TPSA) is 78.5 Å². The second-order valence-electron chi connectivity index (χ2n) is 4.17.